The molecule has 1 aliphatic rings. The third kappa shape index (κ3) is 4.13. The van der Waals surface area contributed by atoms with Crippen molar-refractivity contribution >= 4 is 23.0 Å². The Kier molecular flexibility index (Phi) is 6.32. The summed E-state index contributed by atoms with van der Waals surface area (Å²) in [5, 5.41) is 0. The lowest BCUT2D eigenvalue weighted by Crippen LogP contribution is -2.38. The third-order valence-electron chi connectivity index (χ3n) is 5.78. The van der Waals surface area contributed by atoms with E-state index in [0.717, 1.165) is 30.7 Å². The van der Waals surface area contributed by atoms with Gasteiger partial charge in [0, 0.05) is 43.3 Å². The lowest BCUT2D eigenvalue weighted by Gasteiger charge is -2.34. The Labute approximate surface area is 186 Å². The molecule has 1 amide bonds. The minimum absolute atomic E-state index is 0.00556. The molecule has 2 N–H and O–H groups in total. The average molecular weight is 434 g/mol. The van der Waals surface area contributed by atoms with Crippen LogP contribution < -0.4 is 5.73 Å². The molecule has 1 saturated heterocycles. The molecule has 166 valence electrons. The van der Waals surface area contributed by atoms with Crippen molar-refractivity contribution in [3.63, 3.8) is 0 Å². The quantitative estimate of drug-likeness (QED) is 0.472. The van der Waals surface area contributed by atoms with Gasteiger partial charge in [-0.3, -0.25) is 14.0 Å². The second-order valence-electron chi connectivity index (χ2n) is 7.88. The van der Waals surface area contributed by atoms with E-state index in [4.69, 9.17) is 15.5 Å². The Morgan fingerprint density at radius 3 is 2.75 bits per heavy atom. The second-order valence-corrected chi connectivity index (χ2v) is 7.88. The molecule has 8 nitrogen and oxygen atoms in total. The fourth-order valence-corrected chi connectivity index (χ4v) is 4.19. The zero-order valence-electron chi connectivity index (χ0n) is 18.3. The molecule has 0 saturated carbocycles. The summed E-state index contributed by atoms with van der Waals surface area (Å²) in [5.41, 5.74) is 9.12. The van der Waals surface area contributed by atoms with Crippen LogP contribution in [0, 0.1) is 0 Å². The molecule has 1 aromatic carbocycles. The van der Waals surface area contributed by atoms with E-state index in [1.165, 1.54) is 6.92 Å². The molecule has 2 aromatic heterocycles. The molecule has 1 fully saturated rings. The normalized spacial score (nSPS) is 16.7. The molecule has 3 heterocycles. The summed E-state index contributed by atoms with van der Waals surface area (Å²) in [7, 11) is 1.60. The van der Waals surface area contributed by atoms with Gasteiger partial charge in [-0.15, -0.1) is 0 Å². The number of likely N-dealkylation sites (tertiary alicyclic amines) is 1. The number of piperidine rings is 1. The van der Waals surface area contributed by atoms with Crippen molar-refractivity contribution in [3.8, 4) is 11.3 Å². The van der Waals surface area contributed by atoms with Gasteiger partial charge in [-0.1, -0.05) is 30.3 Å². The molecule has 1 atom stereocenters. The molecular formula is C24H27N5O3. The Morgan fingerprint density at radius 1 is 1.25 bits per heavy atom. The van der Waals surface area contributed by atoms with E-state index in [-0.39, 0.29) is 17.7 Å². The molecule has 0 unspecified atom stereocenters. The molecule has 0 aliphatic carbocycles. The highest BCUT2D eigenvalue weighted by molar-refractivity contribution is 5.95. The number of aromatic nitrogens is 3. The highest BCUT2D eigenvalue weighted by atomic mass is 16.5. The number of fused-ring (bicyclic) bond motifs is 1. The van der Waals surface area contributed by atoms with Crippen LogP contribution in [-0.4, -0.2) is 51.2 Å². The average Bonchev–Trinajstić information content (AvgIpc) is 3.20. The summed E-state index contributed by atoms with van der Waals surface area (Å²) >= 11 is 0. The lowest BCUT2D eigenvalue weighted by atomic mass is 10.0. The van der Waals surface area contributed by atoms with E-state index < -0.39 is 0 Å². The summed E-state index contributed by atoms with van der Waals surface area (Å²) in [4.78, 5) is 35.7. The number of benzene rings is 1. The minimum Gasteiger partial charge on any atom is -0.382 e. The van der Waals surface area contributed by atoms with Crippen molar-refractivity contribution < 1.29 is 14.3 Å². The van der Waals surface area contributed by atoms with Gasteiger partial charge in [-0.25, -0.2) is 9.97 Å². The number of amides is 1. The molecule has 0 spiro atoms. The Morgan fingerprint density at radius 2 is 2.03 bits per heavy atom. The van der Waals surface area contributed by atoms with Gasteiger partial charge in [0.2, 0.25) is 5.91 Å². The molecule has 3 aromatic rings. The zero-order chi connectivity index (χ0) is 22.7. The van der Waals surface area contributed by atoms with Gasteiger partial charge in [0.15, 0.2) is 5.78 Å². The van der Waals surface area contributed by atoms with Crippen molar-refractivity contribution in [2.24, 2.45) is 0 Å². The zero-order valence-corrected chi connectivity index (χ0v) is 18.3. The maximum absolute atomic E-state index is 12.9. The van der Waals surface area contributed by atoms with Crippen LogP contribution in [0.15, 0.2) is 48.8 Å². The summed E-state index contributed by atoms with van der Waals surface area (Å²) in [6, 6.07) is 7.13. The van der Waals surface area contributed by atoms with E-state index in [1.54, 1.807) is 37.6 Å². The monoisotopic (exact) mass is 433 g/mol. The first-order valence-electron chi connectivity index (χ1n) is 10.7. The number of hydrogen-bond donors (Lipinski definition) is 1. The van der Waals surface area contributed by atoms with Gasteiger partial charge in [-0.05, 0) is 26.2 Å². The van der Waals surface area contributed by atoms with E-state index in [2.05, 4.69) is 4.98 Å². The van der Waals surface area contributed by atoms with E-state index in [1.807, 2.05) is 27.6 Å². The molecular weight excluding hydrogens is 406 g/mol. The van der Waals surface area contributed by atoms with Gasteiger partial charge < -0.3 is 15.4 Å². The van der Waals surface area contributed by atoms with Gasteiger partial charge >= 0.3 is 0 Å². The number of nitrogen functional groups attached to an aromatic ring is 1. The second kappa shape index (κ2) is 9.32. The van der Waals surface area contributed by atoms with Crippen molar-refractivity contribution in [2.75, 3.05) is 26.0 Å². The number of methoxy groups -OCH3 is 1. The van der Waals surface area contributed by atoms with Crippen LogP contribution in [0.4, 0.5) is 5.82 Å². The van der Waals surface area contributed by atoms with Crippen LogP contribution in [0.25, 0.3) is 16.8 Å². The number of nitrogens with zero attached hydrogens (tertiary/aromatic N) is 4. The predicted octanol–water partition coefficient (Wildman–Crippen LogP) is 3.44. The first kappa shape index (κ1) is 21.7. The molecule has 32 heavy (non-hydrogen) atoms. The number of carbonyl (C=O) groups is 2. The number of ketones is 1. The fourth-order valence-electron chi connectivity index (χ4n) is 4.19. The van der Waals surface area contributed by atoms with Crippen LogP contribution in [0.2, 0.25) is 0 Å². The van der Waals surface area contributed by atoms with Crippen LogP contribution in [-0.2, 0) is 9.53 Å². The van der Waals surface area contributed by atoms with Gasteiger partial charge in [0.1, 0.15) is 22.9 Å². The van der Waals surface area contributed by atoms with Crippen LogP contribution >= 0.6 is 0 Å². The number of nitrogens with two attached hydrogens (primary N) is 1. The standard InChI is InChI=1S/C24H27N5O3/c1-16(30)17-8-10-18(11-9-17)21-22-23(25)26-12-14-29(22)24(27-21)19-6-3-4-13-28(19)20(31)7-5-15-32-2/h5,7-12,14,19H,3-4,6,13,15H2,1-2H3,(H2,25,26)/b7-5+/t19-/m0/s1. The summed E-state index contributed by atoms with van der Waals surface area (Å²) in [5.74, 6) is 1.07. The number of carbonyl (C=O) groups excluding carboxylic acids is 2. The highest BCUT2D eigenvalue weighted by Gasteiger charge is 2.31. The predicted molar refractivity (Wildman–Crippen MR) is 122 cm³/mol. The smallest absolute Gasteiger partial charge is 0.246 e. The fraction of sp³-hybridized carbons (Fsp3) is 0.333. The number of rotatable bonds is 6. The molecule has 0 radical (unpaired) electrons. The molecule has 4 rings (SSSR count). The van der Waals surface area contributed by atoms with Crippen LogP contribution in [0.1, 0.15) is 48.4 Å². The van der Waals surface area contributed by atoms with Crippen LogP contribution in [0.3, 0.4) is 0 Å². The Hall–Kier alpha value is -3.52. The van der Waals surface area contributed by atoms with Crippen molar-refractivity contribution in [2.45, 2.75) is 32.2 Å². The summed E-state index contributed by atoms with van der Waals surface area (Å²) in [6.07, 6.45) is 9.54. The minimum atomic E-state index is -0.178. The largest absolute Gasteiger partial charge is 0.382 e. The summed E-state index contributed by atoms with van der Waals surface area (Å²) in [6.45, 7) is 2.59. The highest BCUT2D eigenvalue weighted by Crippen LogP contribution is 2.36. The van der Waals surface area contributed by atoms with E-state index in [0.29, 0.717) is 35.7 Å². The van der Waals surface area contributed by atoms with E-state index >= 15 is 0 Å². The Balaban J connectivity index is 1.79. The van der Waals surface area contributed by atoms with Gasteiger partial charge in [-0.2, -0.15) is 0 Å². The number of Topliss-reactive ketones (excluding diaryl/α,β-unsaturated/α-hetero) is 1. The first-order valence-corrected chi connectivity index (χ1v) is 10.7. The van der Waals surface area contributed by atoms with Crippen LogP contribution in [0.5, 0.6) is 0 Å². The topological polar surface area (TPSA) is 103 Å². The molecule has 8 heteroatoms. The first-order chi connectivity index (χ1) is 15.5. The number of anilines is 1. The number of hydrogen-bond acceptors (Lipinski definition) is 6. The Bertz CT molecular complexity index is 1170. The SMILES string of the molecule is COC/C=C/C(=O)N1CCCC[C@H]1c1nc(-c2ccc(C(C)=O)cc2)c2c(N)nccn12. The lowest BCUT2D eigenvalue weighted by molar-refractivity contribution is -0.130. The third-order valence-corrected chi connectivity index (χ3v) is 5.78. The maximum atomic E-state index is 12.9. The molecule has 1 aliphatic heterocycles. The van der Waals surface area contributed by atoms with Gasteiger partial charge in [0.25, 0.3) is 0 Å². The van der Waals surface area contributed by atoms with Crippen molar-refractivity contribution in [1.82, 2.24) is 19.3 Å². The van der Waals surface area contributed by atoms with Crippen molar-refractivity contribution in [1.29, 1.82) is 0 Å². The number of ether oxygens (including phenoxy) is 1. The van der Waals surface area contributed by atoms with Gasteiger partial charge in [0.05, 0.1) is 12.6 Å². The number of imidazole rings is 1. The van der Waals surface area contributed by atoms with Crippen molar-refractivity contribution in [3.05, 3.63) is 60.2 Å². The summed E-state index contributed by atoms with van der Waals surface area (Å²) < 4.78 is 6.96. The maximum Gasteiger partial charge on any atom is 0.246 e. The molecule has 0 bridgehead atoms. The van der Waals surface area contributed by atoms with E-state index in [9.17, 15) is 9.59 Å².